The third kappa shape index (κ3) is 4.81. The van der Waals surface area contributed by atoms with Crippen LogP contribution in [-0.4, -0.2) is 59.2 Å². The summed E-state index contributed by atoms with van der Waals surface area (Å²) in [6.45, 7) is 3.45. The Morgan fingerprint density at radius 1 is 1.28 bits per heavy atom. The van der Waals surface area contributed by atoms with E-state index >= 15 is 0 Å². The monoisotopic (exact) mass is 517 g/mol. The van der Waals surface area contributed by atoms with Crippen molar-refractivity contribution in [2.45, 2.75) is 45.6 Å². The zero-order chi connectivity index (χ0) is 26.1. The third-order valence-corrected chi connectivity index (χ3v) is 7.25. The molecule has 1 fully saturated rings. The van der Waals surface area contributed by atoms with Gasteiger partial charge >= 0.3 is 11.8 Å². The fourth-order valence-electron chi connectivity index (χ4n) is 4.35. The van der Waals surface area contributed by atoms with E-state index in [9.17, 15) is 34.9 Å². The largest absolute Gasteiger partial charge is 0.456 e. The first-order chi connectivity index (χ1) is 17.1. The fourth-order valence-corrected chi connectivity index (χ4v) is 5.50. The van der Waals surface area contributed by atoms with Crippen LogP contribution in [0.1, 0.15) is 24.7 Å². The minimum Gasteiger partial charge on any atom is -0.456 e. The van der Waals surface area contributed by atoms with E-state index in [-0.39, 0.29) is 35.8 Å². The molecule has 0 spiro atoms. The van der Waals surface area contributed by atoms with E-state index in [1.165, 1.54) is 54.0 Å². The van der Waals surface area contributed by atoms with Gasteiger partial charge in [0.2, 0.25) is 11.7 Å². The predicted molar refractivity (Wildman–Crippen MR) is 126 cm³/mol. The molecule has 2 aliphatic heterocycles. The van der Waals surface area contributed by atoms with Crippen LogP contribution in [0.3, 0.4) is 0 Å². The second-order valence-corrected chi connectivity index (χ2v) is 9.65. The van der Waals surface area contributed by atoms with E-state index in [2.05, 4.69) is 4.98 Å². The average molecular weight is 518 g/mol. The zero-order valence-electron chi connectivity index (χ0n) is 19.4. The number of rotatable bonds is 10. The minimum absolute atomic E-state index is 0.0843. The number of nitrogens with zero attached hydrogens (tertiary/aromatic N) is 5. The molecule has 0 unspecified atom stereocenters. The number of aliphatic hydroxyl groups is 1. The van der Waals surface area contributed by atoms with Crippen LogP contribution in [0.5, 0.6) is 0 Å². The van der Waals surface area contributed by atoms with Gasteiger partial charge in [0.25, 0.3) is 5.69 Å². The van der Waals surface area contributed by atoms with Gasteiger partial charge in [-0.25, -0.2) is 4.79 Å². The van der Waals surface area contributed by atoms with Crippen molar-refractivity contribution in [3.63, 3.8) is 0 Å². The molecule has 36 heavy (non-hydrogen) atoms. The molecule has 14 heteroatoms. The number of carbonyl (C=O) groups is 2. The summed E-state index contributed by atoms with van der Waals surface area (Å²) in [5.41, 5.74) is 0.591. The smallest absolute Gasteiger partial charge is 0.381 e. The molecule has 1 amide bonds. The summed E-state index contributed by atoms with van der Waals surface area (Å²) < 4.78 is 7.07. The van der Waals surface area contributed by atoms with Crippen LogP contribution in [0.25, 0.3) is 0 Å². The van der Waals surface area contributed by atoms with Crippen molar-refractivity contribution in [2.75, 3.05) is 5.75 Å². The lowest BCUT2D eigenvalue weighted by molar-refractivity contribution is -0.389. The Balaban J connectivity index is 1.47. The Morgan fingerprint density at radius 2 is 1.97 bits per heavy atom. The second-order valence-electron chi connectivity index (χ2n) is 8.46. The molecule has 1 N–H and O–H groups in total. The number of ether oxygens (including phenoxy) is 1. The van der Waals surface area contributed by atoms with Gasteiger partial charge in [0, 0.05) is 42.7 Å². The molecule has 1 saturated heterocycles. The van der Waals surface area contributed by atoms with Crippen molar-refractivity contribution in [3.8, 4) is 0 Å². The van der Waals surface area contributed by atoms with E-state index in [0.717, 1.165) is 0 Å². The van der Waals surface area contributed by atoms with Gasteiger partial charge in [0.1, 0.15) is 18.5 Å². The lowest BCUT2D eigenvalue weighted by Crippen LogP contribution is -2.61. The molecule has 0 radical (unpaired) electrons. The van der Waals surface area contributed by atoms with Crippen LogP contribution in [0.15, 0.2) is 41.1 Å². The number of imidazole rings is 1. The number of benzene rings is 1. The maximum Gasteiger partial charge on any atom is 0.381 e. The summed E-state index contributed by atoms with van der Waals surface area (Å²) in [5.74, 6) is -0.976. The molecule has 0 saturated carbocycles. The first kappa shape index (κ1) is 25.3. The van der Waals surface area contributed by atoms with Crippen molar-refractivity contribution in [1.29, 1.82) is 0 Å². The number of thioether (sulfide) groups is 1. The number of non-ortho nitro benzene ring substituents is 1. The van der Waals surface area contributed by atoms with Crippen LogP contribution < -0.4 is 0 Å². The molecule has 3 heterocycles. The second kappa shape index (κ2) is 10.1. The van der Waals surface area contributed by atoms with E-state index in [0.29, 0.717) is 35.0 Å². The summed E-state index contributed by atoms with van der Waals surface area (Å²) in [6, 6.07) is 5.24. The summed E-state index contributed by atoms with van der Waals surface area (Å²) in [4.78, 5) is 52.3. The van der Waals surface area contributed by atoms with Crippen LogP contribution in [0, 0.1) is 33.1 Å². The van der Waals surface area contributed by atoms with Gasteiger partial charge in [-0.2, -0.15) is 0 Å². The van der Waals surface area contributed by atoms with Gasteiger partial charge in [-0.3, -0.25) is 14.9 Å². The fraction of sp³-hybridized carbons (Fsp3) is 0.409. The quantitative estimate of drug-likeness (QED) is 0.213. The molecule has 1 aromatic carbocycles. The number of amides is 1. The van der Waals surface area contributed by atoms with Gasteiger partial charge < -0.3 is 29.4 Å². The van der Waals surface area contributed by atoms with Crippen molar-refractivity contribution < 1.29 is 29.3 Å². The van der Waals surface area contributed by atoms with Crippen molar-refractivity contribution >= 4 is 35.1 Å². The molecule has 13 nitrogen and oxygen atoms in total. The number of β-lactam (4-membered cyclic amide) rings is 1. The lowest BCUT2D eigenvalue weighted by Gasteiger charge is -2.44. The maximum absolute atomic E-state index is 13.0. The van der Waals surface area contributed by atoms with Crippen LogP contribution in [-0.2, 0) is 27.5 Å². The molecule has 0 bridgehead atoms. The molecule has 190 valence electrons. The van der Waals surface area contributed by atoms with E-state index in [1.54, 1.807) is 11.5 Å². The number of hydrogen-bond acceptors (Lipinski definition) is 10. The number of fused-ring (bicyclic) bond motifs is 1. The highest BCUT2D eigenvalue weighted by Gasteiger charge is 2.57. The van der Waals surface area contributed by atoms with Gasteiger partial charge in [-0.05, 0) is 34.5 Å². The first-order valence-corrected chi connectivity index (χ1v) is 12.0. The van der Waals surface area contributed by atoms with Crippen molar-refractivity contribution in [2.24, 2.45) is 5.92 Å². The van der Waals surface area contributed by atoms with E-state index < -0.39 is 27.8 Å². The molecule has 3 atom stereocenters. The Kier molecular flexibility index (Phi) is 7.08. The molecule has 2 aromatic rings. The van der Waals surface area contributed by atoms with E-state index in [1.807, 2.05) is 0 Å². The Bertz CT molecular complexity index is 1260. The van der Waals surface area contributed by atoms with Crippen LogP contribution in [0.2, 0.25) is 0 Å². The Morgan fingerprint density at radius 3 is 2.56 bits per heavy atom. The standard InChI is InChI=1S/C22H23N5O8S/c1-12(28)19-16-9-17(36-8-7-24-10-18(27(33)34)23-13(24)2)20(25(16)21(19)29)22(30)35-11-14-3-5-15(6-4-14)26(31)32/h3-6,10,12,16,19,28H,7-9,11H2,1-2H3/t12-,16+,19-/m0/s1. The van der Waals surface area contributed by atoms with Crippen molar-refractivity contribution in [1.82, 2.24) is 14.5 Å². The number of esters is 1. The number of hydrogen-bond donors (Lipinski definition) is 1. The first-order valence-electron chi connectivity index (χ1n) is 11.0. The average Bonchev–Trinajstić information content (AvgIpc) is 3.35. The molecular formula is C22H23N5O8S. The molecular weight excluding hydrogens is 494 g/mol. The molecule has 4 rings (SSSR count). The van der Waals surface area contributed by atoms with Gasteiger partial charge in [-0.15, -0.1) is 11.8 Å². The molecule has 2 aliphatic rings. The highest BCUT2D eigenvalue weighted by atomic mass is 32.2. The predicted octanol–water partition coefficient (Wildman–Crippen LogP) is 2.31. The van der Waals surface area contributed by atoms with Crippen LogP contribution in [0.4, 0.5) is 11.5 Å². The highest BCUT2D eigenvalue weighted by molar-refractivity contribution is 8.03. The van der Waals surface area contributed by atoms with Gasteiger partial charge in [-0.1, -0.05) is 0 Å². The van der Waals surface area contributed by atoms with Gasteiger partial charge in [0.15, 0.2) is 0 Å². The highest BCUT2D eigenvalue weighted by Crippen LogP contribution is 2.47. The number of carbonyl (C=O) groups excluding carboxylic acids is 2. The Hall–Kier alpha value is -3.78. The summed E-state index contributed by atoms with van der Waals surface area (Å²) >= 11 is 1.34. The number of nitro benzene ring substituents is 1. The van der Waals surface area contributed by atoms with Gasteiger partial charge in [0.05, 0.1) is 23.0 Å². The van der Waals surface area contributed by atoms with Crippen molar-refractivity contribution in [3.05, 3.63) is 72.7 Å². The zero-order valence-corrected chi connectivity index (χ0v) is 20.2. The lowest BCUT2D eigenvalue weighted by atomic mass is 9.83. The minimum atomic E-state index is -0.866. The van der Waals surface area contributed by atoms with E-state index in [4.69, 9.17) is 4.74 Å². The van der Waals surface area contributed by atoms with Crippen LogP contribution >= 0.6 is 11.8 Å². The topological polar surface area (TPSA) is 171 Å². The normalized spacial score (nSPS) is 19.6. The summed E-state index contributed by atoms with van der Waals surface area (Å²) in [6.07, 6.45) is 0.866. The summed E-state index contributed by atoms with van der Waals surface area (Å²) in [5, 5.41) is 31.8. The summed E-state index contributed by atoms with van der Waals surface area (Å²) in [7, 11) is 0. The number of aromatic nitrogens is 2. The molecule has 1 aromatic heterocycles. The SMILES string of the molecule is Cc1nc([N+](=O)[O-])cn1CCSC1=C(C(=O)OCc2ccc([N+](=O)[O-])cc2)N2C(=O)[C@@H]([C@H](C)O)[C@H]2C1. The Labute approximate surface area is 209 Å². The maximum atomic E-state index is 13.0. The third-order valence-electron chi connectivity index (χ3n) is 6.16. The number of nitro groups is 2. The number of aryl methyl sites for hydroxylation is 2. The molecule has 0 aliphatic carbocycles. The number of aliphatic hydroxyl groups excluding tert-OH is 1.